The van der Waals surface area contributed by atoms with Crippen molar-refractivity contribution in [2.45, 2.75) is 13.8 Å². The first-order valence-electron chi connectivity index (χ1n) is 5.38. The van der Waals surface area contributed by atoms with Crippen molar-refractivity contribution in [1.29, 1.82) is 0 Å². The summed E-state index contributed by atoms with van der Waals surface area (Å²) in [6.07, 6.45) is 0. The molecule has 0 atom stereocenters. The van der Waals surface area contributed by atoms with E-state index in [1.165, 1.54) is 0 Å². The smallest absolute Gasteiger partial charge is 0.346 e. The van der Waals surface area contributed by atoms with Crippen LogP contribution in [0.15, 0.2) is 24.3 Å². The van der Waals surface area contributed by atoms with Gasteiger partial charge in [-0.3, -0.25) is 0 Å². The number of hydrogen-bond acceptors (Lipinski definition) is 3. The van der Waals surface area contributed by atoms with E-state index in [1.807, 2.05) is 26.0 Å². The van der Waals surface area contributed by atoms with Crippen molar-refractivity contribution in [3.8, 4) is 0 Å². The summed E-state index contributed by atoms with van der Waals surface area (Å²) < 4.78 is 4.60. The van der Waals surface area contributed by atoms with Gasteiger partial charge in [-0.1, -0.05) is 12.1 Å². The molecule has 0 fully saturated rings. The zero-order valence-corrected chi connectivity index (χ0v) is 9.53. The van der Waals surface area contributed by atoms with Crippen LogP contribution in [-0.4, -0.2) is 11.9 Å². The first-order chi connectivity index (χ1) is 8.08. The number of ether oxygens (including phenoxy) is 1. The van der Waals surface area contributed by atoms with Crippen molar-refractivity contribution in [3.63, 3.8) is 0 Å². The summed E-state index contributed by atoms with van der Waals surface area (Å²) in [6, 6.07) is 7.51. The zero-order valence-electron chi connectivity index (χ0n) is 9.53. The second-order valence-electron chi connectivity index (χ2n) is 4.32. The molecule has 3 rings (SSSR count). The van der Waals surface area contributed by atoms with E-state index in [4.69, 9.17) is 0 Å². The number of benzene rings is 2. The predicted octanol–water partition coefficient (Wildman–Crippen LogP) is 2.77. The van der Waals surface area contributed by atoms with E-state index in [9.17, 15) is 9.59 Å². The van der Waals surface area contributed by atoms with Gasteiger partial charge in [0.1, 0.15) is 0 Å². The average molecular weight is 226 g/mol. The van der Waals surface area contributed by atoms with E-state index in [0.717, 1.165) is 21.9 Å². The quantitative estimate of drug-likeness (QED) is 0.512. The average Bonchev–Trinajstić information content (AvgIpc) is 2.58. The molecule has 0 saturated carbocycles. The van der Waals surface area contributed by atoms with Crippen molar-refractivity contribution < 1.29 is 14.3 Å². The third-order valence-corrected chi connectivity index (χ3v) is 3.22. The van der Waals surface area contributed by atoms with Gasteiger partial charge in [0.05, 0.1) is 11.1 Å². The lowest BCUT2D eigenvalue weighted by atomic mass is 9.96. The number of esters is 2. The number of carbonyl (C=O) groups is 2. The Morgan fingerprint density at radius 2 is 1.24 bits per heavy atom. The van der Waals surface area contributed by atoms with E-state index in [-0.39, 0.29) is 0 Å². The number of rotatable bonds is 0. The van der Waals surface area contributed by atoms with Gasteiger partial charge in [0.25, 0.3) is 0 Å². The zero-order chi connectivity index (χ0) is 12.2. The summed E-state index contributed by atoms with van der Waals surface area (Å²) in [5, 5.41) is 1.99. The van der Waals surface area contributed by atoms with Crippen molar-refractivity contribution in [2.75, 3.05) is 0 Å². The molecule has 2 aromatic carbocycles. The molecule has 3 heteroatoms. The van der Waals surface area contributed by atoms with Gasteiger partial charge >= 0.3 is 11.9 Å². The minimum atomic E-state index is -0.548. The Bertz CT molecular complexity index is 625. The van der Waals surface area contributed by atoms with Crippen LogP contribution in [0.1, 0.15) is 31.8 Å². The molecule has 3 nitrogen and oxygen atoms in total. The van der Waals surface area contributed by atoms with Crippen LogP contribution in [0, 0.1) is 13.8 Å². The van der Waals surface area contributed by atoms with Crippen molar-refractivity contribution in [2.24, 2.45) is 0 Å². The van der Waals surface area contributed by atoms with Gasteiger partial charge in [0.2, 0.25) is 0 Å². The Hall–Kier alpha value is -2.16. The standard InChI is InChI=1S/C14H10O3/c1-7-3-4-8(2)10-6-12-11(5-9(7)10)13(15)17-14(12)16/h3-6H,1-2H3. The van der Waals surface area contributed by atoms with Gasteiger partial charge in [-0.05, 0) is 47.9 Å². The van der Waals surface area contributed by atoms with Crippen LogP contribution >= 0.6 is 0 Å². The lowest BCUT2D eigenvalue weighted by molar-refractivity contribution is 0.0444. The molecule has 17 heavy (non-hydrogen) atoms. The maximum Gasteiger partial charge on any atom is 0.346 e. The number of carbonyl (C=O) groups excluding carboxylic acids is 2. The Morgan fingerprint density at radius 1 is 0.824 bits per heavy atom. The Kier molecular flexibility index (Phi) is 1.87. The first-order valence-corrected chi connectivity index (χ1v) is 5.38. The first kappa shape index (κ1) is 10.0. The molecule has 0 unspecified atom stereocenters. The van der Waals surface area contributed by atoms with Gasteiger partial charge < -0.3 is 4.74 Å². The highest BCUT2D eigenvalue weighted by Crippen LogP contribution is 2.29. The normalized spacial score (nSPS) is 14.0. The van der Waals surface area contributed by atoms with Crippen molar-refractivity contribution >= 4 is 22.7 Å². The van der Waals surface area contributed by atoms with Crippen LogP contribution in [0.2, 0.25) is 0 Å². The Labute approximate surface area is 98.0 Å². The van der Waals surface area contributed by atoms with Gasteiger partial charge in [0.15, 0.2) is 0 Å². The Balaban J connectivity index is 2.47. The second-order valence-corrected chi connectivity index (χ2v) is 4.32. The van der Waals surface area contributed by atoms with Gasteiger partial charge in [-0.25, -0.2) is 9.59 Å². The third-order valence-electron chi connectivity index (χ3n) is 3.22. The van der Waals surface area contributed by atoms with Crippen LogP contribution in [0.3, 0.4) is 0 Å². The van der Waals surface area contributed by atoms with E-state index < -0.39 is 11.9 Å². The molecule has 84 valence electrons. The molecular weight excluding hydrogens is 216 g/mol. The lowest BCUT2D eigenvalue weighted by Gasteiger charge is -2.06. The minimum absolute atomic E-state index is 0.371. The Morgan fingerprint density at radius 3 is 1.65 bits per heavy atom. The molecule has 1 heterocycles. The van der Waals surface area contributed by atoms with Crippen LogP contribution in [-0.2, 0) is 4.74 Å². The van der Waals surface area contributed by atoms with Gasteiger partial charge in [-0.2, -0.15) is 0 Å². The topological polar surface area (TPSA) is 43.4 Å². The fourth-order valence-corrected chi connectivity index (χ4v) is 2.21. The maximum atomic E-state index is 11.5. The highest BCUT2D eigenvalue weighted by molar-refractivity contribution is 6.17. The molecule has 2 aromatic rings. The maximum absolute atomic E-state index is 11.5. The summed E-state index contributed by atoms with van der Waals surface area (Å²) in [4.78, 5) is 22.9. The number of cyclic esters (lactones) is 2. The van der Waals surface area contributed by atoms with E-state index in [1.54, 1.807) is 12.1 Å². The molecular formula is C14H10O3. The van der Waals surface area contributed by atoms with Crippen molar-refractivity contribution in [3.05, 3.63) is 46.5 Å². The molecule has 0 spiro atoms. The summed E-state index contributed by atoms with van der Waals surface area (Å²) in [6.45, 7) is 3.96. The van der Waals surface area contributed by atoms with E-state index >= 15 is 0 Å². The lowest BCUT2D eigenvalue weighted by Crippen LogP contribution is -1.96. The molecule has 0 amide bonds. The highest BCUT2D eigenvalue weighted by atomic mass is 16.6. The minimum Gasteiger partial charge on any atom is -0.386 e. The molecule has 0 saturated heterocycles. The fraction of sp³-hybridized carbons (Fsp3) is 0.143. The van der Waals surface area contributed by atoms with Crippen LogP contribution in [0.4, 0.5) is 0 Å². The molecule has 0 aromatic heterocycles. The van der Waals surface area contributed by atoms with Crippen LogP contribution < -0.4 is 0 Å². The molecule has 0 bridgehead atoms. The highest BCUT2D eigenvalue weighted by Gasteiger charge is 2.30. The number of aryl methyl sites for hydroxylation is 2. The molecule has 0 aliphatic carbocycles. The fourth-order valence-electron chi connectivity index (χ4n) is 2.21. The van der Waals surface area contributed by atoms with Gasteiger partial charge in [-0.15, -0.1) is 0 Å². The van der Waals surface area contributed by atoms with Crippen LogP contribution in [0.5, 0.6) is 0 Å². The molecule has 0 radical (unpaired) electrons. The molecule has 1 aliphatic heterocycles. The summed E-state index contributed by atoms with van der Waals surface area (Å²) in [5.74, 6) is -1.10. The molecule has 1 aliphatic rings. The second kappa shape index (κ2) is 3.17. The SMILES string of the molecule is Cc1ccc(C)c2cc3c(cc12)C(=O)OC3=O. The summed E-state index contributed by atoms with van der Waals surface area (Å²) >= 11 is 0. The van der Waals surface area contributed by atoms with Crippen LogP contribution in [0.25, 0.3) is 10.8 Å². The van der Waals surface area contributed by atoms with E-state index in [2.05, 4.69) is 4.74 Å². The van der Waals surface area contributed by atoms with Gasteiger partial charge in [0, 0.05) is 0 Å². The number of fused-ring (bicyclic) bond motifs is 2. The molecule has 0 N–H and O–H groups in total. The largest absolute Gasteiger partial charge is 0.386 e. The predicted molar refractivity (Wildman–Crippen MR) is 63.2 cm³/mol. The number of hydrogen-bond donors (Lipinski definition) is 0. The van der Waals surface area contributed by atoms with Crippen molar-refractivity contribution in [1.82, 2.24) is 0 Å². The monoisotopic (exact) mass is 226 g/mol. The third kappa shape index (κ3) is 1.29. The van der Waals surface area contributed by atoms with E-state index in [0.29, 0.717) is 11.1 Å². The summed E-state index contributed by atoms with van der Waals surface area (Å²) in [5.41, 5.74) is 2.91. The summed E-state index contributed by atoms with van der Waals surface area (Å²) in [7, 11) is 0.